The smallest absolute Gasteiger partial charge is 0.277 e. The van der Waals surface area contributed by atoms with E-state index in [4.69, 9.17) is 17.0 Å². The molecule has 0 saturated carbocycles. The van der Waals surface area contributed by atoms with Crippen LogP contribution in [0.1, 0.15) is 29.7 Å². The number of carbonyl (C=O) groups excluding carboxylic acids is 1. The molecule has 1 aliphatic rings. The van der Waals surface area contributed by atoms with Crippen molar-refractivity contribution in [3.63, 3.8) is 0 Å². The van der Waals surface area contributed by atoms with Gasteiger partial charge >= 0.3 is 0 Å². The van der Waals surface area contributed by atoms with Gasteiger partial charge < -0.3 is 10.1 Å². The molecule has 0 aromatic heterocycles. The number of nitrogens with zero attached hydrogens (tertiary/aromatic N) is 1. The number of hydrogen-bond acceptors (Lipinski definition) is 3. The van der Waals surface area contributed by atoms with Crippen LogP contribution >= 0.6 is 12.2 Å². The van der Waals surface area contributed by atoms with E-state index in [0.717, 1.165) is 16.7 Å². The molecule has 4 nitrogen and oxygen atoms in total. The molecule has 1 amide bonds. The van der Waals surface area contributed by atoms with E-state index >= 15 is 0 Å². The summed E-state index contributed by atoms with van der Waals surface area (Å²) in [5.41, 5.74) is 3.38. The van der Waals surface area contributed by atoms with E-state index in [-0.39, 0.29) is 11.9 Å². The first-order valence-electron chi connectivity index (χ1n) is 9.80. The van der Waals surface area contributed by atoms with Crippen molar-refractivity contribution in [1.82, 2.24) is 10.2 Å². The van der Waals surface area contributed by atoms with E-state index in [1.165, 1.54) is 0 Å². The lowest BCUT2D eigenvalue weighted by Crippen LogP contribution is -2.33. The highest BCUT2D eigenvalue weighted by atomic mass is 32.1. The number of benzene rings is 3. The minimum atomic E-state index is -0.158. The van der Waals surface area contributed by atoms with Crippen molar-refractivity contribution in [1.29, 1.82) is 0 Å². The average molecular weight is 415 g/mol. The van der Waals surface area contributed by atoms with E-state index in [2.05, 4.69) is 5.32 Å². The van der Waals surface area contributed by atoms with Crippen molar-refractivity contribution < 1.29 is 9.53 Å². The van der Waals surface area contributed by atoms with Gasteiger partial charge in [0.25, 0.3) is 5.91 Å². The van der Waals surface area contributed by atoms with Crippen molar-refractivity contribution >= 4 is 29.3 Å². The van der Waals surface area contributed by atoms with Crippen LogP contribution in [-0.2, 0) is 11.4 Å². The molecule has 1 atom stereocenters. The highest BCUT2D eigenvalue weighted by molar-refractivity contribution is 7.80. The molecular formula is C25H22N2O2S. The van der Waals surface area contributed by atoms with Gasteiger partial charge in [0.2, 0.25) is 0 Å². The van der Waals surface area contributed by atoms with E-state index in [9.17, 15) is 4.79 Å². The Morgan fingerprint density at radius 2 is 1.60 bits per heavy atom. The zero-order chi connectivity index (χ0) is 20.9. The summed E-state index contributed by atoms with van der Waals surface area (Å²) in [6.45, 7) is 2.43. The highest BCUT2D eigenvalue weighted by Gasteiger charge is 2.34. The number of para-hydroxylation sites is 1. The van der Waals surface area contributed by atoms with E-state index < -0.39 is 0 Å². The Bertz CT molecular complexity index is 1080. The third-order valence-electron chi connectivity index (χ3n) is 5.03. The highest BCUT2D eigenvalue weighted by Crippen LogP contribution is 2.28. The zero-order valence-corrected chi connectivity index (χ0v) is 17.4. The lowest BCUT2D eigenvalue weighted by molar-refractivity contribution is -0.123. The number of carbonyl (C=O) groups is 1. The number of hydrogen-bond donors (Lipinski definition) is 1. The largest absolute Gasteiger partial charge is 0.488 e. The second kappa shape index (κ2) is 8.93. The van der Waals surface area contributed by atoms with E-state index in [0.29, 0.717) is 23.2 Å². The van der Waals surface area contributed by atoms with Crippen LogP contribution in [-0.4, -0.2) is 15.9 Å². The SMILES string of the molecule is CC(c1ccccc1)N1C(=O)/C(=C/c2ccccc2OCc2ccccc2)NC1=S. The van der Waals surface area contributed by atoms with E-state index in [1.807, 2.05) is 91.9 Å². The molecule has 1 saturated heterocycles. The van der Waals surface area contributed by atoms with Crippen LogP contribution in [0.2, 0.25) is 0 Å². The molecule has 1 unspecified atom stereocenters. The second-order valence-electron chi connectivity index (χ2n) is 7.06. The van der Waals surface area contributed by atoms with Crippen molar-refractivity contribution in [3.8, 4) is 5.75 Å². The number of thiocarbonyl (C=S) groups is 1. The number of rotatable bonds is 6. The molecule has 150 valence electrons. The fourth-order valence-electron chi connectivity index (χ4n) is 3.40. The molecule has 0 radical (unpaired) electrons. The first-order chi connectivity index (χ1) is 14.6. The fraction of sp³-hybridized carbons (Fsp3) is 0.120. The lowest BCUT2D eigenvalue weighted by Gasteiger charge is -2.23. The van der Waals surface area contributed by atoms with Crippen molar-refractivity contribution in [2.24, 2.45) is 0 Å². The molecule has 1 N–H and O–H groups in total. The Morgan fingerprint density at radius 3 is 2.33 bits per heavy atom. The summed E-state index contributed by atoms with van der Waals surface area (Å²) < 4.78 is 6.01. The van der Waals surface area contributed by atoms with Crippen LogP contribution in [0, 0.1) is 0 Å². The van der Waals surface area contributed by atoms with Crippen LogP contribution < -0.4 is 10.1 Å². The topological polar surface area (TPSA) is 41.6 Å². The molecule has 0 bridgehead atoms. The van der Waals surface area contributed by atoms with Crippen molar-refractivity contribution in [2.75, 3.05) is 0 Å². The molecule has 1 fully saturated rings. The van der Waals surface area contributed by atoms with Gasteiger partial charge in [-0.15, -0.1) is 0 Å². The maximum absolute atomic E-state index is 13.1. The molecule has 3 aromatic rings. The average Bonchev–Trinajstić information content (AvgIpc) is 3.06. The third kappa shape index (κ3) is 4.26. The predicted octanol–water partition coefficient (Wildman–Crippen LogP) is 5.08. The minimum Gasteiger partial charge on any atom is -0.488 e. The number of ether oxygens (including phenoxy) is 1. The molecule has 0 aliphatic carbocycles. The van der Waals surface area contributed by atoms with Gasteiger partial charge in [0.15, 0.2) is 5.11 Å². The maximum Gasteiger partial charge on any atom is 0.277 e. The summed E-state index contributed by atoms with van der Waals surface area (Å²) in [5.74, 6) is 0.568. The van der Waals surface area contributed by atoms with Crippen molar-refractivity contribution in [2.45, 2.75) is 19.6 Å². The second-order valence-corrected chi connectivity index (χ2v) is 7.45. The van der Waals surface area contributed by atoms with Crippen LogP contribution in [0.25, 0.3) is 6.08 Å². The fourth-order valence-corrected chi connectivity index (χ4v) is 3.75. The van der Waals surface area contributed by atoms with Crippen LogP contribution in [0.15, 0.2) is 90.6 Å². The predicted molar refractivity (Wildman–Crippen MR) is 123 cm³/mol. The third-order valence-corrected chi connectivity index (χ3v) is 5.33. The first kappa shape index (κ1) is 19.9. The summed E-state index contributed by atoms with van der Waals surface area (Å²) in [7, 11) is 0. The first-order valence-corrected chi connectivity index (χ1v) is 10.2. The molecule has 4 rings (SSSR count). The van der Waals surface area contributed by atoms with Gasteiger partial charge in [0.1, 0.15) is 18.1 Å². The Balaban J connectivity index is 1.55. The molecule has 5 heteroatoms. The zero-order valence-electron chi connectivity index (χ0n) is 16.6. The van der Waals surface area contributed by atoms with E-state index in [1.54, 1.807) is 11.0 Å². The van der Waals surface area contributed by atoms with Crippen LogP contribution in [0.5, 0.6) is 5.75 Å². The standard InChI is InChI=1S/C25H22N2O2S/c1-18(20-12-6-3-7-13-20)27-24(28)22(26-25(27)30)16-21-14-8-9-15-23(21)29-17-19-10-4-2-5-11-19/h2-16,18H,17H2,1H3,(H,26,30)/b22-16-. The molecule has 3 aromatic carbocycles. The van der Waals surface area contributed by atoms with Crippen LogP contribution in [0.4, 0.5) is 0 Å². The van der Waals surface area contributed by atoms with Crippen LogP contribution in [0.3, 0.4) is 0 Å². The summed E-state index contributed by atoms with van der Waals surface area (Å²) >= 11 is 5.46. The maximum atomic E-state index is 13.1. The Hall–Kier alpha value is -3.44. The van der Waals surface area contributed by atoms with Gasteiger partial charge in [-0.25, -0.2) is 0 Å². The van der Waals surface area contributed by atoms with Gasteiger partial charge in [0, 0.05) is 5.56 Å². The van der Waals surface area contributed by atoms with Gasteiger partial charge in [-0.2, -0.15) is 0 Å². The molecule has 0 spiro atoms. The summed E-state index contributed by atoms with van der Waals surface area (Å²) in [6, 6.07) is 27.3. The number of nitrogens with one attached hydrogen (secondary N) is 1. The Labute approximate surface area is 181 Å². The minimum absolute atomic E-state index is 0.144. The molecule has 30 heavy (non-hydrogen) atoms. The molecular weight excluding hydrogens is 392 g/mol. The lowest BCUT2D eigenvalue weighted by atomic mass is 10.1. The monoisotopic (exact) mass is 414 g/mol. The van der Waals surface area contributed by atoms with Gasteiger partial charge in [-0.3, -0.25) is 9.69 Å². The summed E-state index contributed by atoms with van der Waals surface area (Å²) in [4.78, 5) is 14.7. The normalized spacial score (nSPS) is 15.9. The van der Waals surface area contributed by atoms with Gasteiger partial charge in [-0.1, -0.05) is 78.9 Å². The summed E-state index contributed by atoms with van der Waals surface area (Å²) in [6.07, 6.45) is 1.80. The molecule has 1 aliphatic heterocycles. The number of amides is 1. The Morgan fingerprint density at radius 1 is 0.967 bits per heavy atom. The Kier molecular flexibility index (Phi) is 5.91. The van der Waals surface area contributed by atoms with Crippen molar-refractivity contribution in [3.05, 3.63) is 107 Å². The van der Waals surface area contributed by atoms with Gasteiger partial charge in [0.05, 0.1) is 6.04 Å². The van der Waals surface area contributed by atoms with Gasteiger partial charge in [-0.05, 0) is 42.4 Å². The summed E-state index contributed by atoms with van der Waals surface area (Å²) in [5, 5.41) is 3.47. The molecule has 1 heterocycles. The quantitative estimate of drug-likeness (QED) is 0.451.